The third kappa shape index (κ3) is 4.55. The molecule has 0 unspecified atom stereocenters. The molecule has 116 valence electrons. The predicted molar refractivity (Wildman–Crippen MR) is 87.1 cm³/mol. The number of hydrogen-bond donors (Lipinski definition) is 2. The molecule has 1 aliphatic carbocycles. The largest absolute Gasteiger partial charge is 0.326 e. The van der Waals surface area contributed by atoms with Gasteiger partial charge in [-0.1, -0.05) is 38.0 Å². The first kappa shape index (κ1) is 16.0. The molecule has 0 atom stereocenters. The summed E-state index contributed by atoms with van der Waals surface area (Å²) in [6, 6.07) is 8.41. The molecule has 4 heteroatoms. The van der Waals surface area contributed by atoms with Gasteiger partial charge in [-0.3, -0.25) is 4.79 Å². The Hall–Kier alpha value is -1.39. The maximum Gasteiger partial charge on any atom is 0.225 e. The first-order valence-electron chi connectivity index (χ1n) is 8.06. The summed E-state index contributed by atoms with van der Waals surface area (Å²) in [5, 5.41) is 2.99. The molecule has 1 amide bonds. The lowest BCUT2D eigenvalue weighted by atomic mass is 10.1. The molecule has 2 rings (SSSR count). The lowest BCUT2D eigenvalue weighted by molar-refractivity contribution is -0.116. The van der Waals surface area contributed by atoms with Gasteiger partial charge in [-0.25, -0.2) is 0 Å². The van der Waals surface area contributed by atoms with Crippen molar-refractivity contribution in [3.05, 3.63) is 29.8 Å². The van der Waals surface area contributed by atoms with E-state index in [0.29, 0.717) is 19.0 Å². The van der Waals surface area contributed by atoms with Crippen molar-refractivity contribution in [1.29, 1.82) is 0 Å². The highest BCUT2D eigenvalue weighted by Crippen LogP contribution is 2.23. The molecule has 0 bridgehead atoms. The van der Waals surface area contributed by atoms with Crippen LogP contribution in [0.3, 0.4) is 0 Å². The Bertz CT molecular complexity index is 455. The Balaban J connectivity index is 1.83. The lowest BCUT2D eigenvalue weighted by Crippen LogP contribution is -2.35. The van der Waals surface area contributed by atoms with Crippen molar-refractivity contribution in [2.75, 3.05) is 18.4 Å². The molecule has 1 fully saturated rings. The van der Waals surface area contributed by atoms with Gasteiger partial charge >= 0.3 is 0 Å². The number of nitrogens with two attached hydrogens (primary N) is 1. The van der Waals surface area contributed by atoms with Gasteiger partial charge in [-0.2, -0.15) is 0 Å². The minimum absolute atomic E-state index is 0.0762. The normalized spacial score (nSPS) is 15.6. The van der Waals surface area contributed by atoms with Crippen molar-refractivity contribution in [3.8, 4) is 0 Å². The van der Waals surface area contributed by atoms with Gasteiger partial charge in [0.15, 0.2) is 0 Å². The Morgan fingerprint density at radius 3 is 2.71 bits per heavy atom. The average molecular weight is 289 g/mol. The maximum absolute atomic E-state index is 12.1. The zero-order valence-electron chi connectivity index (χ0n) is 13.0. The summed E-state index contributed by atoms with van der Waals surface area (Å²) in [4.78, 5) is 14.6. The second kappa shape index (κ2) is 8.15. The molecule has 0 radical (unpaired) electrons. The number of nitrogens with zero attached hydrogens (tertiary/aromatic N) is 1. The average Bonchev–Trinajstić information content (AvgIpc) is 3.03. The third-order valence-electron chi connectivity index (χ3n) is 4.38. The van der Waals surface area contributed by atoms with E-state index in [9.17, 15) is 4.79 Å². The van der Waals surface area contributed by atoms with Gasteiger partial charge in [0.05, 0.1) is 0 Å². The number of carbonyl (C=O) groups is 1. The monoisotopic (exact) mass is 289 g/mol. The number of rotatable bonds is 7. The Morgan fingerprint density at radius 2 is 2.05 bits per heavy atom. The van der Waals surface area contributed by atoms with Crippen LogP contribution in [-0.2, 0) is 11.3 Å². The summed E-state index contributed by atoms with van der Waals surface area (Å²) < 4.78 is 0. The quantitative estimate of drug-likeness (QED) is 0.811. The van der Waals surface area contributed by atoms with Crippen LogP contribution in [0.4, 0.5) is 5.69 Å². The summed E-state index contributed by atoms with van der Waals surface area (Å²) in [5.74, 6) is 0.0762. The van der Waals surface area contributed by atoms with Crippen LogP contribution in [0, 0.1) is 0 Å². The molecule has 0 spiro atoms. The van der Waals surface area contributed by atoms with Gasteiger partial charge < -0.3 is 16.0 Å². The van der Waals surface area contributed by atoms with Crippen LogP contribution in [0.25, 0.3) is 0 Å². The topological polar surface area (TPSA) is 58.4 Å². The fourth-order valence-electron chi connectivity index (χ4n) is 3.15. The lowest BCUT2D eigenvalue weighted by Gasteiger charge is -2.27. The fraction of sp³-hybridized carbons (Fsp3) is 0.588. The van der Waals surface area contributed by atoms with Crippen LogP contribution in [0.2, 0.25) is 0 Å². The van der Waals surface area contributed by atoms with E-state index in [4.69, 9.17) is 5.73 Å². The number of hydrogen-bond acceptors (Lipinski definition) is 3. The third-order valence-corrected chi connectivity index (χ3v) is 4.38. The maximum atomic E-state index is 12.1. The molecule has 21 heavy (non-hydrogen) atoms. The van der Waals surface area contributed by atoms with Gasteiger partial charge in [-0.15, -0.1) is 0 Å². The number of para-hydroxylation sites is 1. The van der Waals surface area contributed by atoms with Crippen molar-refractivity contribution in [2.24, 2.45) is 5.73 Å². The molecule has 1 aromatic carbocycles. The zero-order valence-corrected chi connectivity index (χ0v) is 13.0. The first-order chi connectivity index (χ1) is 10.2. The van der Waals surface area contributed by atoms with E-state index in [1.807, 2.05) is 24.3 Å². The zero-order chi connectivity index (χ0) is 15.1. The number of nitrogens with one attached hydrogen (secondary N) is 1. The van der Waals surface area contributed by atoms with E-state index in [2.05, 4.69) is 17.1 Å². The molecular formula is C17H27N3O. The fourth-order valence-corrected chi connectivity index (χ4v) is 3.15. The van der Waals surface area contributed by atoms with E-state index in [1.54, 1.807) is 0 Å². The molecule has 0 saturated heterocycles. The highest BCUT2D eigenvalue weighted by Gasteiger charge is 2.21. The van der Waals surface area contributed by atoms with Crippen LogP contribution in [0.15, 0.2) is 24.3 Å². The SMILES string of the molecule is CCN(CCC(=O)Nc1ccccc1CN)C1CCCC1. The van der Waals surface area contributed by atoms with Gasteiger partial charge in [-0.05, 0) is 31.0 Å². The first-order valence-corrected chi connectivity index (χ1v) is 8.06. The molecular weight excluding hydrogens is 262 g/mol. The number of amides is 1. The van der Waals surface area contributed by atoms with Crippen LogP contribution < -0.4 is 11.1 Å². The van der Waals surface area contributed by atoms with Crippen molar-refractivity contribution >= 4 is 11.6 Å². The Kier molecular flexibility index (Phi) is 6.21. The highest BCUT2D eigenvalue weighted by molar-refractivity contribution is 5.91. The van der Waals surface area contributed by atoms with Crippen LogP contribution in [-0.4, -0.2) is 29.9 Å². The second-order valence-electron chi connectivity index (χ2n) is 5.73. The van der Waals surface area contributed by atoms with E-state index in [1.165, 1.54) is 25.7 Å². The molecule has 0 heterocycles. The van der Waals surface area contributed by atoms with E-state index in [-0.39, 0.29) is 5.91 Å². The van der Waals surface area contributed by atoms with E-state index in [0.717, 1.165) is 24.3 Å². The number of anilines is 1. The minimum Gasteiger partial charge on any atom is -0.326 e. The summed E-state index contributed by atoms with van der Waals surface area (Å²) in [7, 11) is 0. The number of carbonyl (C=O) groups excluding carboxylic acids is 1. The Labute approximate surface area is 127 Å². The van der Waals surface area contributed by atoms with Gasteiger partial charge in [0, 0.05) is 31.2 Å². The van der Waals surface area contributed by atoms with Gasteiger partial charge in [0.2, 0.25) is 5.91 Å². The van der Waals surface area contributed by atoms with Crippen LogP contribution >= 0.6 is 0 Å². The smallest absolute Gasteiger partial charge is 0.225 e. The summed E-state index contributed by atoms with van der Waals surface area (Å²) >= 11 is 0. The standard InChI is InChI=1S/C17H27N3O/c1-2-20(15-8-4-5-9-15)12-11-17(21)19-16-10-6-3-7-14(16)13-18/h3,6-7,10,15H,2,4-5,8-9,11-13,18H2,1H3,(H,19,21). The number of benzene rings is 1. The molecule has 0 aliphatic heterocycles. The van der Waals surface area contributed by atoms with Gasteiger partial charge in [0.1, 0.15) is 0 Å². The minimum atomic E-state index is 0.0762. The summed E-state index contributed by atoms with van der Waals surface area (Å²) in [6.45, 7) is 4.49. The van der Waals surface area contributed by atoms with E-state index < -0.39 is 0 Å². The van der Waals surface area contributed by atoms with Gasteiger partial charge in [0.25, 0.3) is 0 Å². The second-order valence-corrected chi connectivity index (χ2v) is 5.73. The Morgan fingerprint density at radius 1 is 1.33 bits per heavy atom. The highest BCUT2D eigenvalue weighted by atomic mass is 16.1. The molecule has 1 aromatic rings. The van der Waals surface area contributed by atoms with Crippen molar-refractivity contribution < 1.29 is 4.79 Å². The van der Waals surface area contributed by atoms with Crippen molar-refractivity contribution in [3.63, 3.8) is 0 Å². The predicted octanol–water partition coefficient (Wildman–Crippen LogP) is 2.74. The van der Waals surface area contributed by atoms with Crippen molar-refractivity contribution in [2.45, 2.75) is 51.6 Å². The van der Waals surface area contributed by atoms with Crippen LogP contribution in [0.1, 0.15) is 44.6 Å². The molecule has 1 saturated carbocycles. The molecule has 3 N–H and O–H groups in total. The van der Waals surface area contributed by atoms with E-state index >= 15 is 0 Å². The summed E-state index contributed by atoms with van der Waals surface area (Å²) in [6.07, 6.45) is 5.77. The molecule has 4 nitrogen and oxygen atoms in total. The van der Waals surface area contributed by atoms with Crippen LogP contribution in [0.5, 0.6) is 0 Å². The van der Waals surface area contributed by atoms with Crippen molar-refractivity contribution in [1.82, 2.24) is 4.90 Å². The molecule has 0 aromatic heterocycles. The summed E-state index contributed by atoms with van der Waals surface area (Å²) in [5.41, 5.74) is 7.52. The molecule has 1 aliphatic rings.